The molecular formula is C18H29N3. The van der Waals surface area contributed by atoms with E-state index in [0.29, 0.717) is 5.92 Å². The summed E-state index contributed by atoms with van der Waals surface area (Å²) in [4.78, 5) is 5.30. The van der Waals surface area contributed by atoms with Crippen LogP contribution < -0.4 is 5.32 Å². The van der Waals surface area contributed by atoms with Crippen LogP contribution in [0.1, 0.15) is 37.3 Å². The minimum absolute atomic E-state index is 0.658. The van der Waals surface area contributed by atoms with Crippen LogP contribution in [0, 0.1) is 0 Å². The third-order valence-electron chi connectivity index (χ3n) is 5.26. The van der Waals surface area contributed by atoms with Gasteiger partial charge in [0.2, 0.25) is 0 Å². The molecule has 0 aliphatic carbocycles. The third-order valence-corrected chi connectivity index (χ3v) is 5.26. The largest absolute Gasteiger partial charge is 0.312 e. The molecule has 3 rings (SSSR count). The predicted molar refractivity (Wildman–Crippen MR) is 88.7 cm³/mol. The molecule has 0 aromatic heterocycles. The van der Waals surface area contributed by atoms with Crippen LogP contribution >= 0.6 is 0 Å². The second-order valence-corrected chi connectivity index (χ2v) is 6.45. The lowest BCUT2D eigenvalue weighted by molar-refractivity contribution is 0.207. The van der Waals surface area contributed by atoms with Crippen LogP contribution in [-0.2, 0) is 6.54 Å². The summed E-state index contributed by atoms with van der Waals surface area (Å²) in [6, 6.07) is 9.73. The summed E-state index contributed by atoms with van der Waals surface area (Å²) in [5.41, 5.74) is 3.07. The third kappa shape index (κ3) is 3.31. The maximum Gasteiger partial charge on any atom is 0.0235 e. The van der Waals surface area contributed by atoms with E-state index in [1.807, 2.05) is 0 Å². The fraction of sp³-hybridized carbons (Fsp3) is 0.667. The molecule has 0 spiro atoms. The Morgan fingerprint density at radius 2 is 2.05 bits per heavy atom. The SMILES string of the molecule is CCN(CC)C1CCN(CC2CNCc3ccccc32)C1. The van der Waals surface area contributed by atoms with Crippen molar-refractivity contribution in [2.45, 2.75) is 38.8 Å². The van der Waals surface area contributed by atoms with Gasteiger partial charge in [-0.3, -0.25) is 4.90 Å². The van der Waals surface area contributed by atoms with E-state index in [9.17, 15) is 0 Å². The number of rotatable bonds is 5. The molecule has 116 valence electrons. The maximum absolute atomic E-state index is 3.58. The molecule has 0 saturated carbocycles. The molecule has 2 atom stereocenters. The number of benzene rings is 1. The molecule has 3 nitrogen and oxygen atoms in total. The van der Waals surface area contributed by atoms with Crippen LogP contribution in [0.3, 0.4) is 0 Å². The fourth-order valence-electron chi connectivity index (χ4n) is 4.08. The topological polar surface area (TPSA) is 18.5 Å². The van der Waals surface area contributed by atoms with E-state index in [4.69, 9.17) is 0 Å². The van der Waals surface area contributed by atoms with Gasteiger partial charge in [-0.15, -0.1) is 0 Å². The highest BCUT2D eigenvalue weighted by molar-refractivity contribution is 5.33. The van der Waals surface area contributed by atoms with Gasteiger partial charge in [0, 0.05) is 38.1 Å². The Labute approximate surface area is 129 Å². The Bertz CT molecular complexity index is 456. The van der Waals surface area contributed by atoms with Gasteiger partial charge in [0.1, 0.15) is 0 Å². The summed E-state index contributed by atoms with van der Waals surface area (Å²) in [5.74, 6) is 0.658. The van der Waals surface area contributed by atoms with Gasteiger partial charge in [-0.2, -0.15) is 0 Å². The number of hydrogen-bond donors (Lipinski definition) is 1. The van der Waals surface area contributed by atoms with E-state index < -0.39 is 0 Å². The Kier molecular flexibility index (Phi) is 4.94. The summed E-state index contributed by atoms with van der Waals surface area (Å²) >= 11 is 0. The standard InChI is InChI=1S/C18H29N3/c1-3-21(4-2)17-9-10-20(14-17)13-16-12-19-11-15-7-5-6-8-18(15)16/h5-8,16-17,19H,3-4,9-14H2,1-2H3. The highest BCUT2D eigenvalue weighted by Crippen LogP contribution is 2.26. The smallest absolute Gasteiger partial charge is 0.0235 e. The molecule has 2 aliphatic rings. The zero-order valence-corrected chi connectivity index (χ0v) is 13.5. The monoisotopic (exact) mass is 287 g/mol. The Morgan fingerprint density at radius 1 is 1.24 bits per heavy atom. The van der Waals surface area contributed by atoms with Gasteiger partial charge in [0.15, 0.2) is 0 Å². The first kappa shape index (κ1) is 15.0. The van der Waals surface area contributed by atoms with Gasteiger partial charge in [0.05, 0.1) is 0 Å². The summed E-state index contributed by atoms with van der Waals surface area (Å²) in [6.45, 7) is 12.8. The van der Waals surface area contributed by atoms with Gasteiger partial charge < -0.3 is 10.2 Å². The van der Waals surface area contributed by atoms with Gasteiger partial charge in [-0.25, -0.2) is 0 Å². The molecule has 1 fully saturated rings. The summed E-state index contributed by atoms with van der Waals surface area (Å²) < 4.78 is 0. The van der Waals surface area contributed by atoms with Crippen molar-refractivity contribution in [3.63, 3.8) is 0 Å². The molecular weight excluding hydrogens is 258 g/mol. The zero-order chi connectivity index (χ0) is 14.7. The van der Waals surface area contributed by atoms with E-state index in [1.165, 1.54) is 44.7 Å². The van der Waals surface area contributed by atoms with Crippen LogP contribution in [0.5, 0.6) is 0 Å². The van der Waals surface area contributed by atoms with Crippen molar-refractivity contribution in [1.29, 1.82) is 0 Å². The highest BCUT2D eigenvalue weighted by Gasteiger charge is 2.29. The van der Waals surface area contributed by atoms with Crippen molar-refractivity contribution >= 4 is 0 Å². The van der Waals surface area contributed by atoms with Crippen molar-refractivity contribution in [2.75, 3.05) is 39.3 Å². The van der Waals surface area contributed by atoms with Crippen molar-refractivity contribution in [1.82, 2.24) is 15.1 Å². The van der Waals surface area contributed by atoms with Gasteiger partial charge in [-0.1, -0.05) is 38.1 Å². The molecule has 2 unspecified atom stereocenters. The molecule has 0 radical (unpaired) electrons. The number of likely N-dealkylation sites (tertiary alicyclic amines) is 1. The first-order chi connectivity index (χ1) is 10.3. The van der Waals surface area contributed by atoms with Crippen LogP contribution in [-0.4, -0.2) is 55.1 Å². The summed E-state index contributed by atoms with van der Waals surface area (Å²) in [7, 11) is 0. The van der Waals surface area contributed by atoms with Crippen LogP contribution in [0.25, 0.3) is 0 Å². The molecule has 1 aromatic rings. The maximum atomic E-state index is 3.58. The Balaban J connectivity index is 1.61. The quantitative estimate of drug-likeness (QED) is 0.896. The number of nitrogens with one attached hydrogen (secondary N) is 1. The lowest BCUT2D eigenvalue weighted by atomic mass is 9.90. The molecule has 0 bridgehead atoms. The lowest BCUT2D eigenvalue weighted by Gasteiger charge is -2.31. The van der Waals surface area contributed by atoms with E-state index in [2.05, 4.69) is 53.2 Å². The van der Waals surface area contributed by atoms with Gasteiger partial charge in [-0.05, 0) is 37.2 Å². The Morgan fingerprint density at radius 3 is 2.86 bits per heavy atom. The van der Waals surface area contributed by atoms with Crippen LogP contribution in [0.15, 0.2) is 24.3 Å². The molecule has 3 heteroatoms. The van der Waals surface area contributed by atoms with Crippen molar-refractivity contribution in [3.05, 3.63) is 35.4 Å². The summed E-state index contributed by atoms with van der Waals surface area (Å²) in [6.07, 6.45) is 1.34. The molecule has 2 aliphatic heterocycles. The fourth-order valence-corrected chi connectivity index (χ4v) is 4.08. The predicted octanol–water partition coefficient (Wildman–Crippen LogP) is 2.29. The zero-order valence-electron chi connectivity index (χ0n) is 13.5. The summed E-state index contributed by atoms with van der Waals surface area (Å²) in [5, 5.41) is 3.58. The van der Waals surface area contributed by atoms with Crippen molar-refractivity contribution < 1.29 is 0 Å². The van der Waals surface area contributed by atoms with Crippen LogP contribution in [0.4, 0.5) is 0 Å². The molecule has 1 aromatic carbocycles. The van der Waals surface area contributed by atoms with E-state index >= 15 is 0 Å². The minimum atomic E-state index is 0.658. The minimum Gasteiger partial charge on any atom is -0.312 e. The van der Waals surface area contributed by atoms with E-state index in [-0.39, 0.29) is 0 Å². The van der Waals surface area contributed by atoms with E-state index in [1.54, 1.807) is 5.56 Å². The number of hydrogen-bond acceptors (Lipinski definition) is 3. The average molecular weight is 287 g/mol. The van der Waals surface area contributed by atoms with Gasteiger partial charge in [0.25, 0.3) is 0 Å². The lowest BCUT2D eigenvalue weighted by Crippen LogP contribution is -2.39. The van der Waals surface area contributed by atoms with Crippen molar-refractivity contribution in [2.24, 2.45) is 0 Å². The molecule has 1 N–H and O–H groups in total. The molecule has 2 heterocycles. The second kappa shape index (κ2) is 6.91. The Hall–Kier alpha value is -0.900. The number of fused-ring (bicyclic) bond motifs is 1. The number of likely N-dealkylation sites (N-methyl/N-ethyl adjacent to an activating group) is 1. The van der Waals surface area contributed by atoms with Gasteiger partial charge >= 0.3 is 0 Å². The first-order valence-electron chi connectivity index (χ1n) is 8.56. The van der Waals surface area contributed by atoms with Crippen LogP contribution in [0.2, 0.25) is 0 Å². The van der Waals surface area contributed by atoms with Crippen molar-refractivity contribution in [3.8, 4) is 0 Å². The average Bonchev–Trinajstić information content (AvgIpc) is 2.97. The highest BCUT2D eigenvalue weighted by atomic mass is 15.2. The van der Waals surface area contributed by atoms with E-state index in [0.717, 1.165) is 19.1 Å². The first-order valence-corrected chi connectivity index (χ1v) is 8.56. The molecule has 21 heavy (non-hydrogen) atoms. The molecule has 0 amide bonds. The molecule has 1 saturated heterocycles. The second-order valence-electron chi connectivity index (χ2n) is 6.45. The normalized spacial score (nSPS) is 26.2. The number of nitrogens with zero attached hydrogens (tertiary/aromatic N) is 2.